The van der Waals surface area contributed by atoms with Crippen molar-refractivity contribution in [2.24, 2.45) is 5.92 Å². The molecule has 2 rings (SSSR count). The topological polar surface area (TPSA) is 46.2 Å². The van der Waals surface area contributed by atoms with E-state index >= 15 is 0 Å². The van der Waals surface area contributed by atoms with E-state index in [0.717, 1.165) is 17.3 Å². The average Bonchev–Trinajstić information content (AvgIpc) is 2.15. The number of hydrogen-bond acceptors (Lipinski definition) is 2. The Morgan fingerprint density at radius 1 is 1.38 bits per heavy atom. The molecule has 0 aliphatic heterocycles. The maximum Gasteiger partial charge on any atom is 0.240 e. The van der Waals surface area contributed by atoms with Gasteiger partial charge in [0.2, 0.25) is 10.0 Å². The van der Waals surface area contributed by atoms with Gasteiger partial charge >= 0.3 is 0 Å². The highest BCUT2D eigenvalue weighted by Gasteiger charge is 2.29. The molecule has 0 amide bonds. The lowest BCUT2D eigenvalue weighted by molar-refractivity contribution is 0.270. The molecular formula is C11H14BrNO2S. The molecule has 1 aliphatic carbocycles. The molecule has 0 spiro atoms. The summed E-state index contributed by atoms with van der Waals surface area (Å²) in [6.07, 6.45) is 1.88. The van der Waals surface area contributed by atoms with Gasteiger partial charge in [-0.2, -0.15) is 0 Å². The molecule has 3 nitrogen and oxygen atoms in total. The van der Waals surface area contributed by atoms with Crippen LogP contribution in [0.4, 0.5) is 0 Å². The summed E-state index contributed by atoms with van der Waals surface area (Å²) in [5.74, 6) is 0.634. The minimum atomic E-state index is -3.35. The van der Waals surface area contributed by atoms with Gasteiger partial charge in [0.25, 0.3) is 0 Å². The Balaban J connectivity index is 2.13. The van der Waals surface area contributed by atoms with E-state index in [1.54, 1.807) is 18.2 Å². The first kappa shape index (κ1) is 12.1. The van der Waals surface area contributed by atoms with E-state index < -0.39 is 10.0 Å². The van der Waals surface area contributed by atoms with Crippen molar-refractivity contribution >= 4 is 26.0 Å². The lowest BCUT2D eigenvalue weighted by atomic mass is 9.83. The molecule has 0 bridgehead atoms. The summed E-state index contributed by atoms with van der Waals surface area (Å²) in [7, 11) is -3.35. The van der Waals surface area contributed by atoms with Crippen LogP contribution in [0.2, 0.25) is 0 Å². The van der Waals surface area contributed by atoms with Crippen LogP contribution in [0.25, 0.3) is 0 Å². The maximum absolute atomic E-state index is 12.0. The molecule has 0 heterocycles. The van der Waals surface area contributed by atoms with Crippen LogP contribution < -0.4 is 4.72 Å². The van der Waals surface area contributed by atoms with Crippen molar-refractivity contribution in [2.45, 2.75) is 30.7 Å². The second-order valence-electron chi connectivity index (χ2n) is 4.35. The standard InChI is InChI=1S/C11H14BrNO2S/c1-8-5-10(6-8)13-16(14,15)11-4-2-3-9(12)7-11/h2-4,7-8,10,13H,5-6H2,1H3. The van der Waals surface area contributed by atoms with Crippen molar-refractivity contribution in [3.8, 4) is 0 Å². The highest BCUT2D eigenvalue weighted by molar-refractivity contribution is 9.10. The number of benzene rings is 1. The van der Waals surface area contributed by atoms with Gasteiger partial charge in [0.05, 0.1) is 4.90 Å². The molecule has 0 unspecified atom stereocenters. The van der Waals surface area contributed by atoms with Crippen LogP contribution in [0.1, 0.15) is 19.8 Å². The minimum Gasteiger partial charge on any atom is -0.208 e. The quantitative estimate of drug-likeness (QED) is 0.932. The SMILES string of the molecule is CC1CC(NS(=O)(=O)c2cccc(Br)c2)C1. The molecule has 0 radical (unpaired) electrons. The predicted octanol–water partition coefficient (Wildman–Crippen LogP) is 2.53. The van der Waals surface area contributed by atoms with Gasteiger partial charge < -0.3 is 0 Å². The summed E-state index contributed by atoms with van der Waals surface area (Å²) in [5, 5.41) is 0. The van der Waals surface area contributed by atoms with Crippen molar-refractivity contribution in [1.82, 2.24) is 4.72 Å². The third kappa shape index (κ3) is 2.64. The van der Waals surface area contributed by atoms with E-state index in [9.17, 15) is 8.42 Å². The van der Waals surface area contributed by atoms with Crippen molar-refractivity contribution < 1.29 is 8.42 Å². The van der Waals surface area contributed by atoms with Crippen LogP contribution in [-0.2, 0) is 10.0 Å². The fraction of sp³-hybridized carbons (Fsp3) is 0.455. The molecule has 16 heavy (non-hydrogen) atoms. The van der Waals surface area contributed by atoms with Crippen LogP contribution in [0, 0.1) is 5.92 Å². The fourth-order valence-electron chi connectivity index (χ4n) is 1.92. The predicted molar refractivity (Wildman–Crippen MR) is 66.6 cm³/mol. The van der Waals surface area contributed by atoms with E-state index in [-0.39, 0.29) is 6.04 Å². The van der Waals surface area contributed by atoms with Crippen LogP contribution in [-0.4, -0.2) is 14.5 Å². The van der Waals surface area contributed by atoms with Gasteiger partial charge in [-0.05, 0) is 37.0 Å². The highest BCUT2D eigenvalue weighted by Crippen LogP contribution is 2.28. The smallest absolute Gasteiger partial charge is 0.208 e. The van der Waals surface area contributed by atoms with Gasteiger partial charge in [-0.25, -0.2) is 13.1 Å². The Hall–Kier alpha value is -0.390. The number of hydrogen-bond donors (Lipinski definition) is 1. The molecule has 1 aromatic rings. The lowest BCUT2D eigenvalue weighted by Crippen LogP contribution is -2.43. The zero-order valence-corrected chi connectivity index (χ0v) is 11.4. The van der Waals surface area contributed by atoms with E-state index in [0.29, 0.717) is 10.8 Å². The molecule has 0 saturated heterocycles. The van der Waals surface area contributed by atoms with Crippen LogP contribution >= 0.6 is 15.9 Å². The molecule has 1 N–H and O–H groups in total. The zero-order valence-electron chi connectivity index (χ0n) is 8.98. The Labute approximate surface area is 104 Å². The fourth-order valence-corrected chi connectivity index (χ4v) is 3.78. The van der Waals surface area contributed by atoms with Crippen molar-refractivity contribution in [3.63, 3.8) is 0 Å². The largest absolute Gasteiger partial charge is 0.240 e. The molecule has 1 saturated carbocycles. The third-order valence-corrected chi connectivity index (χ3v) is 4.81. The van der Waals surface area contributed by atoms with Crippen LogP contribution in [0.3, 0.4) is 0 Å². The van der Waals surface area contributed by atoms with Crippen molar-refractivity contribution in [2.75, 3.05) is 0 Å². The second-order valence-corrected chi connectivity index (χ2v) is 6.98. The highest BCUT2D eigenvalue weighted by atomic mass is 79.9. The molecule has 88 valence electrons. The van der Waals surface area contributed by atoms with E-state index in [1.165, 1.54) is 0 Å². The Morgan fingerprint density at radius 3 is 2.62 bits per heavy atom. The average molecular weight is 304 g/mol. The molecule has 0 atom stereocenters. The summed E-state index contributed by atoms with van der Waals surface area (Å²) >= 11 is 3.27. The van der Waals surface area contributed by atoms with E-state index in [4.69, 9.17) is 0 Å². The van der Waals surface area contributed by atoms with E-state index in [2.05, 4.69) is 27.6 Å². The number of halogens is 1. The Bertz CT molecular complexity index is 481. The molecule has 5 heteroatoms. The van der Waals surface area contributed by atoms with Gasteiger partial charge in [-0.3, -0.25) is 0 Å². The summed E-state index contributed by atoms with van der Waals surface area (Å²) < 4.78 is 27.4. The first-order valence-electron chi connectivity index (χ1n) is 5.25. The van der Waals surface area contributed by atoms with Gasteiger partial charge in [0, 0.05) is 10.5 Å². The van der Waals surface area contributed by atoms with Crippen molar-refractivity contribution in [1.29, 1.82) is 0 Å². The monoisotopic (exact) mass is 303 g/mol. The number of nitrogens with one attached hydrogen (secondary N) is 1. The molecule has 1 aromatic carbocycles. The summed E-state index contributed by atoms with van der Waals surface area (Å²) in [6, 6.07) is 6.87. The number of sulfonamides is 1. The minimum absolute atomic E-state index is 0.110. The second kappa shape index (κ2) is 4.47. The summed E-state index contributed by atoms with van der Waals surface area (Å²) in [6.45, 7) is 2.13. The summed E-state index contributed by atoms with van der Waals surface area (Å²) in [5.41, 5.74) is 0. The number of rotatable bonds is 3. The zero-order chi connectivity index (χ0) is 11.8. The normalized spacial score (nSPS) is 25.1. The first-order chi connectivity index (χ1) is 7.47. The van der Waals surface area contributed by atoms with Gasteiger partial charge in [0.15, 0.2) is 0 Å². The molecular weight excluding hydrogens is 290 g/mol. The molecule has 0 aromatic heterocycles. The Kier molecular flexibility index (Phi) is 3.37. The maximum atomic E-state index is 12.0. The summed E-state index contributed by atoms with van der Waals surface area (Å²) in [4.78, 5) is 0.321. The van der Waals surface area contributed by atoms with Crippen LogP contribution in [0.15, 0.2) is 33.6 Å². The van der Waals surface area contributed by atoms with Crippen molar-refractivity contribution in [3.05, 3.63) is 28.7 Å². The molecule has 1 aliphatic rings. The van der Waals surface area contributed by atoms with Crippen LogP contribution in [0.5, 0.6) is 0 Å². The van der Waals surface area contributed by atoms with E-state index in [1.807, 2.05) is 6.07 Å². The molecule has 1 fully saturated rings. The van der Waals surface area contributed by atoms with Gasteiger partial charge in [-0.1, -0.05) is 28.9 Å². The third-order valence-electron chi connectivity index (χ3n) is 2.80. The lowest BCUT2D eigenvalue weighted by Gasteiger charge is -2.32. The van der Waals surface area contributed by atoms with Gasteiger partial charge in [-0.15, -0.1) is 0 Å². The Morgan fingerprint density at radius 2 is 2.06 bits per heavy atom. The van der Waals surface area contributed by atoms with Gasteiger partial charge in [0.1, 0.15) is 0 Å². The first-order valence-corrected chi connectivity index (χ1v) is 7.53.